The molecule has 1 aliphatic heterocycles. The summed E-state index contributed by atoms with van der Waals surface area (Å²) in [4.78, 5) is 2.49. The summed E-state index contributed by atoms with van der Waals surface area (Å²) < 4.78 is 2.09. The van der Waals surface area contributed by atoms with Gasteiger partial charge in [-0.15, -0.1) is 11.3 Å². The molecule has 0 unspecified atom stereocenters. The summed E-state index contributed by atoms with van der Waals surface area (Å²) in [7, 11) is 0. The minimum absolute atomic E-state index is 0.617. The van der Waals surface area contributed by atoms with Crippen LogP contribution in [0.1, 0.15) is 10.6 Å². The van der Waals surface area contributed by atoms with Crippen molar-refractivity contribution in [2.75, 3.05) is 6.54 Å². The van der Waals surface area contributed by atoms with E-state index in [2.05, 4.69) is 27.2 Å². The molecule has 0 spiro atoms. The van der Waals surface area contributed by atoms with Crippen LogP contribution in [0.15, 0.2) is 18.3 Å². The smallest absolute Gasteiger partial charge is 0.0609 e. The number of rotatable bonds is 2. The Morgan fingerprint density at radius 1 is 1.50 bits per heavy atom. The molecule has 0 fully saturated rings. The Hall–Kier alpha value is -1.17. The number of aromatic nitrogens is 2. The van der Waals surface area contributed by atoms with Crippen LogP contribution in [0.4, 0.5) is 0 Å². The van der Waals surface area contributed by atoms with E-state index in [4.69, 9.17) is 5.73 Å². The first-order valence-electron chi connectivity index (χ1n) is 5.43. The van der Waals surface area contributed by atoms with Crippen molar-refractivity contribution in [2.45, 2.75) is 19.6 Å². The zero-order chi connectivity index (χ0) is 11.0. The Labute approximate surface area is 98.1 Å². The van der Waals surface area contributed by atoms with Crippen LogP contribution in [0.2, 0.25) is 0 Å². The molecule has 2 aromatic heterocycles. The van der Waals surface area contributed by atoms with Gasteiger partial charge in [-0.3, -0.25) is 4.68 Å². The van der Waals surface area contributed by atoms with Gasteiger partial charge in [0.1, 0.15) is 0 Å². The van der Waals surface area contributed by atoms with E-state index in [0.717, 1.165) is 19.6 Å². The maximum atomic E-state index is 5.63. The molecule has 4 nitrogen and oxygen atoms in total. The second kappa shape index (κ2) is 4.01. The van der Waals surface area contributed by atoms with Gasteiger partial charge in [-0.1, -0.05) is 0 Å². The van der Waals surface area contributed by atoms with Gasteiger partial charge in [0.2, 0.25) is 0 Å². The highest BCUT2D eigenvalue weighted by Crippen LogP contribution is 2.31. The van der Waals surface area contributed by atoms with Crippen molar-refractivity contribution in [1.29, 1.82) is 0 Å². The van der Waals surface area contributed by atoms with Gasteiger partial charge in [0.05, 0.1) is 18.4 Å². The Kier molecular flexibility index (Phi) is 2.51. The summed E-state index contributed by atoms with van der Waals surface area (Å²) in [5, 5.41) is 7.80. The fourth-order valence-electron chi connectivity index (χ4n) is 2.02. The average molecular weight is 234 g/mol. The molecule has 3 rings (SSSR count). The fraction of sp³-hybridized carbons (Fsp3) is 0.364. The Balaban J connectivity index is 2.02. The summed E-state index contributed by atoms with van der Waals surface area (Å²) in [6.07, 6.45) is 1.97. The number of hydrogen-bond donors (Lipinski definition) is 2. The number of nitrogens with zero attached hydrogens (tertiary/aromatic N) is 2. The maximum absolute atomic E-state index is 5.63. The van der Waals surface area contributed by atoms with E-state index in [9.17, 15) is 0 Å². The molecule has 0 amide bonds. The van der Waals surface area contributed by atoms with Gasteiger partial charge in [0.25, 0.3) is 0 Å². The molecule has 0 saturated heterocycles. The van der Waals surface area contributed by atoms with Gasteiger partial charge >= 0.3 is 0 Å². The molecule has 3 heterocycles. The standard InChI is InChI=1S/C11H14N4S/c12-5-8-1-2-11(16-8)9-6-14-15-4-3-13-7-10(9)15/h1-2,6,13H,3-5,7,12H2. The number of hydrogen-bond acceptors (Lipinski definition) is 4. The van der Waals surface area contributed by atoms with E-state index >= 15 is 0 Å². The van der Waals surface area contributed by atoms with Gasteiger partial charge in [0.15, 0.2) is 0 Å². The third-order valence-corrected chi connectivity index (χ3v) is 4.01. The van der Waals surface area contributed by atoms with Crippen LogP contribution in [0.25, 0.3) is 10.4 Å². The van der Waals surface area contributed by atoms with Crippen molar-refractivity contribution in [3.05, 3.63) is 28.9 Å². The van der Waals surface area contributed by atoms with E-state index in [-0.39, 0.29) is 0 Å². The zero-order valence-corrected chi connectivity index (χ0v) is 9.76. The molecule has 0 aliphatic carbocycles. The SMILES string of the molecule is NCc1ccc(-c2cnn3c2CNCC3)s1. The lowest BCUT2D eigenvalue weighted by molar-refractivity contribution is 0.476. The Morgan fingerprint density at radius 3 is 3.25 bits per heavy atom. The average Bonchev–Trinajstić information content (AvgIpc) is 2.94. The predicted octanol–water partition coefficient (Wildman–Crippen LogP) is 1.17. The third-order valence-electron chi connectivity index (χ3n) is 2.87. The lowest BCUT2D eigenvalue weighted by Gasteiger charge is -2.15. The molecule has 1 aliphatic rings. The van der Waals surface area contributed by atoms with E-state index < -0.39 is 0 Å². The monoisotopic (exact) mass is 234 g/mol. The van der Waals surface area contributed by atoms with Crippen LogP contribution in [0.3, 0.4) is 0 Å². The van der Waals surface area contributed by atoms with E-state index in [0.29, 0.717) is 6.54 Å². The molecule has 3 N–H and O–H groups in total. The summed E-state index contributed by atoms with van der Waals surface area (Å²) in [6, 6.07) is 4.24. The molecule has 0 aromatic carbocycles. The van der Waals surface area contributed by atoms with E-state index in [1.165, 1.54) is 21.0 Å². The molecule has 0 saturated carbocycles. The summed E-state index contributed by atoms with van der Waals surface area (Å²) in [5.74, 6) is 0. The zero-order valence-electron chi connectivity index (χ0n) is 8.94. The van der Waals surface area contributed by atoms with Crippen LogP contribution < -0.4 is 11.1 Å². The number of fused-ring (bicyclic) bond motifs is 1. The summed E-state index contributed by atoms with van der Waals surface area (Å²) in [6.45, 7) is 3.49. The second-order valence-electron chi connectivity index (χ2n) is 3.87. The molecule has 2 aromatic rings. The molecular formula is C11H14N4S. The van der Waals surface area contributed by atoms with Crippen molar-refractivity contribution in [2.24, 2.45) is 5.73 Å². The van der Waals surface area contributed by atoms with Gasteiger partial charge in [-0.2, -0.15) is 5.10 Å². The summed E-state index contributed by atoms with van der Waals surface area (Å²) in [5.41, 5.74) is 8.17. The minimum atomic E-state index is 0.617. The topological polar surface area (TPSA) is 55.9 Å². The lowest BCUT2D eigenvalue weighted by Crippen LogP contribution is -2.28. The second-order valence-corrected chi connectivity index (χ2v) is 5.04. The van der Waals surface area contributed by atoms with Crippen LogP contribution >= 0.6 is 11.3 Å². The quantitative estimate of drug-likeness (QED) is 0.820. The van der Waals surface area contributed by atoms with Crippen molar-refractivity contribution in [1.82, 2.24) is 15.1 Å². The van der Waals surface area contributed by atoms with E-state index in [1.54, 1.807) is 11.3 Å². The fourth-order valence-corrected chi connectivity index (χ4v) is 2.94. The van der Waals surface area contributed by atoms with Crippen molar-refractivity contribution in [3.8, 4) is 10.4 Å². The van der Waals surface area contributed by atoms with Crippen LogP contribution in [0, 0.1) is 0 Å². The van der Waals surface area contributed by atoms with Crippen LogP contribution in [0.5, 0.6) is 0 Å². The molecule has 0 radical (unpaired) electrons. The maximum Gasteiger partial charge on any atom is 0.0609 e. The van der Waals surface area contributed by atoms with Crippen LogP contribution in [-0.2, 0) is 19.6 Å². The highest BCUT2D eigenvalue weighted by atomic mass is 32.1. The van der Waals surface area contributed by atoms with Crippen molar-refractivity contribution < 1.29 is 0 Å². The van der Waals surface area contributed by atoms with E-state index in [1.807, 2.05) is 6.20 Å². The first-order chi connectivity index (χ1) is 7.88. The van der Waals surface area contributed by atoms with Gasteiger partial charge in [0, 0.05) is 35.0 Å². The largest absolute Gasteiger partial charge is 0.326 e. The lowest BCUT2D eigenvalue weighted by atomic mass is 10.2. The molecule has 16 heavy (non-hydrogen) atoms. The normalized spacial score (nSPS) is 15.1. The first kappa shape index (κ1) is 10.0. The van der Waals surface area contributed by atoms with Gasteiger partial charge in [-0.05, 0) is 12.1 Å². The van der Waals surface area contributed by atoms with Crippen molar-refractivity contribution in [3.63, 3.8) is 0 Å². The van der Waals surface area contributed by atoms with Crippen molar-refractivity contribution >= 4 is 11.3 Å². The van der Waals surface area contributed by atoms with Gasteiger partial charge in [-0.25, -0.2) is 0 Å². The highest BCUT2D eigenvalue weighted by molar-refractivity contribution is 7.15. The van der Waals surface area contributed by atoms with Crippen LogP contribution in [-0.4, -0.2) is 16.3 Å². The number of thiophene rings is 1. The Bertz CT molecular complexity index is 500. The first-order valence-corrected chi connectivity index (χ1v) is 6.24. The molecule has 84 valence electrons. The van der Waals surface area contributed by atoms with Gasteiger partial charge < -0.3 is 11.1 Å². The minimum Gasteiger partial charge on any atom is -0.326 e. The third kappa shape index (κ3) is 1.57. The summed E-state index contributed by atoms with van der Waals surface area (Å²) >= 11 is 1.76. The highest BCUT2D eigenvalue weighted by Gasteiger charge is 2.16. The molecular weight excluding hydrogens is 220 g/mol. The molecule has 5 heteroatoms. The Morgan fingerprint density at radius 2 is 2.44 bits per heavy atom. The molecule has 0 bridgehead atoms. The molecule has 0 atom stereocenters. The predicted molar refractivity (Wildman–Crippen MR) is 65.1 cm³/mol. The number of nitrogens with one attached hydrogen (secondary N) is 1. The number of nitrogens with two attached hydrogens (primary N) is 1.